The van der Waals surface area contributed by atoms with Crippen molar-refractivity contribution >= 4 is 46.3 Å². The number of nitrogens with one attached hydrogen (secondary N) is 1. The van der Waals surface area contributed by atoms with E-state index >= 15 is 0 Å². The van der Waals surface area contributed by atoms with E-state index in [-0.39, 0.29) is 0 Å². The zero-order chi connectivity index (χ0) is 14.4. The summed E-state index contributed by atoms with van der Waals surface area (Å²) in [6.07, 6.45) is 1.12. The summed E-state index contributed by atoms with van der Waals surface area (Å²) in [6, 6.07) is 10.2. The molecule has 0 spiro atoms. The van der Waals surface area contributed by atoms with Gasteiger partial charge in [-0.1, -0.05) is 30.1 Å². The maximum Gasteiger partial charge on any atom is 0.0561 e. The maximum atomic E-state index is 6.26. The molecule has 1 atom stereocenters. The van der Waals surface area contributed by atoms with Crippen molar-refractivity contribution in [2.75, 3.05) is 12.3 Å². The van der Waals surface area contributed by atoms with Crippen LogP contribution in [-0.2, 0) is 0 Å². The normalized spacial score (nSPS) is 12.6. The van der Waals surface area contributed by atoms with Crippen LogP contribution in [0.2, 0.25) is 10.0 Å². The largest absolute Gasteiger partial charge is 0.309 e. The number of thiophene rings is 1. The van der Waals surface area contributed by atoms with Gasteiger partial charge in [-0.3, -0.25) is 0 Å². The van der Waals surface area contributed by atoms with E-state index < -0.39 is 0 Å². The van der Waals surface area contributed by atoms with Crippen molar-refractivity contribution in [2.24, 2.45) is 0 Å². The SMILES string of the molecule is CCCNC(CSc1ccc(Cl)cc1)c1sccc1Cl. The molecule has 1 nitrogen and oxygen atoms in total. The first-order valence-electron chi connectivity index (χ1n) is 6.55. The van der Waals surface area contributed by atoms with E-state index in [0.717, 1.165) is 28.8 Å². The van der Waals surface area contributed by atoms with Crippen molar-refractivity contribution in [3.63, 3.8) is 0 Å². The summed E-state index contributed by atoms with van der Waals surface area (Å²) in [7, 11) is 0. The lowest BCUT2D eigenvalue weighted by Crippen LogP contribution is -2.23. The van der Waals surface area contributed by atoms with Gasteiger partial charge in [-0.25, -0.2) is 0 Å². The Morgan fingerprint density at radius 2 is 1.95 bits per heavy atom. The Hall–Kier alpha value is -0.190. The predicted molar refractivity (Wildman–Crippen MR) is 92.5 cm³/mol. The van der Waals surface area contributed by atoms with Gasteiger partial charge in [0, 0.05) is 20.5 Å². The van der Waals surface area contributed by atoms with Crippen LogP contribution in [0.5, 0.6) is 0 Å². The first-order valence-corrected chi connectivity index (χ1v) is 9.17. The van der Waals surface area contributed by atoms with Crippen molar-refractivity contribution in [2.45, 2.75) is 24.3 Å². The summed E-state index contributed by atoms with van der Waals surface area (Å²) >= 11 is 15.7. The Labute approximate surface area is 138 Å². The highest BCUT2D eigenvalue weighted by Gasteiger charge is 2.15. The quantitative estimate of drug-likeness (QED) is 0.628. The van der Waals surface area contributed by atoms with Crippen molar-refractivity contribution < 1.29 is 0 Å². The minimum absolute atomic E-state index is 0.295. The van der Waals surface area contributed by atoms with Gasteiger partial charge in [-0.15, -0.1) is 23.1 Å². The van der Waals surface area contributed by atoms with Crippen molar-refractivity contribution in [1.29, 1.82) is 0 Å². The Morgan fingerprint density at radius 1 is 1.20 bits per heavy atom. The highest BCUT2D eigenvalue weighted by Crippen LogP contribution is 2.33. The number of halogens is 2. The van der Waals surface area contributed by atoms with Gasteiger partial charge in [0.25, 0.3) is 0 Å². The van der Waals surface area contributed by atoms with Crippen molar-refractivity contribution in [3.05, 3.63) is 50.6 Å². The highest BCUT2D eigenvalue weighted by molar-refractivity contribution is 7.99. The lowest BCUT2D eigenvalue weighted by Gasteiger charge is -2.17. The van der Waals surface area contributed by atoms with Crippen LogP contribution in [0.1, 0.15) is 24.3 Å². The van der Waals surface area contributed by atoms with Gasteiger partial charge in [-0.2, -0.15) is 0 Å². The molecule has 0 saturated carbocycles. The molecule has 2 aromatic rings. The van der Waals surface area contributed by atoms with Gasteiger partial charge in [0.15, 0.2) is 0 Å². The molecule has 0 aliphatic rings. The van der Waals surface area contributed by atoms with Crippen LogP contribution in [0.25, 0.3) is 0 Å². The van der Waals surface area contributed by atoms with Crippen LogP contribution >= 0.6 is 46.3 Å². The molecule has 20 heavy (non-hydrogen) atoms. The second kappa shape index (κ2) is 8.30. The Morgan fingerprint density at radius 3 is 2.55 bits per heavy atom. The van der Waals surface area contributed by atoms with E-state index in [9.17, 15) is 0 Å². The monoisotopic (exact) mass is 345 g/mol. The molecule has 0 radical (unpaired) electrons. The fourth-order valence-corrected chi connectivity index (χ4v) is 4.28. The van der Waals surface area contributed by atoms with Gasteiger partial charge >= 0.3 is 0 Å². The molecule has 2 rings (SSSR count). The third-order valence-electron chi connectivity index (χ3n) is 2.83. The molecule has 0 aliphatic carbocycles. The van der Waals surface area contributed by atoms with Gasteiger partial charge in [0.1, 0.15) is 0 Å². The lowest BCUT2D eigenvalue weighted by molar-refractivity contribution is 0.585. The summed E-state index contributed by atoms with van der Waals surface area (Å²) in [5.41, 5.74) is 0. The molecule has 1 N–H and O–H groups in total. The van der Waals surface area contributed by atoms with Crippen LogP contribution in [0.4, 0.5) is 0 Å². The molecule has 0 aliphatic heterocycles. The van der Waals surface area contributed by atoms with Crippen molar-refractivity contribution in [1.82, 2.24) is 5.32 Å². The topological polar surface area (TPSA) is 12.0 Å². The molecule has 1 aromatic heterocycles. The summed E-state index contributed by atoms with van der Waals surface area (Å²) < 4.78 is 0. The number of hydrogen-bond donors (Lipinski definition) is 1. The second-order valence-corrected chi connectivity index (χ2v) is 7.29. The fourth-order valence-electron chi connectivity index (χ4n) is 1.81. The smallest absolute Gasteiger partial charge is 0.0561 e. The molecule has 0 bridgehead atoms. The minimum Gasteiger partial charge on any atom is -0.309 e. The van der Waals surface area contributed by atoms with Crippen LogP contribution in [-0.4, -0.2) is 12.3 Å². The van der Waals surface area contributed by atoms with Crippen LogP contribution < -0.4 is 5.32 Å². The van der Waals surface area contributed by atoms with E-state index in [1.165, 1.54) is 9.77 Å². The summed E-state index contributed by atoms with van der Waals surface area (Å²) in [6.45, 7) is 3.17. The zero-order valence-corrected chi connectivity index (χ0v) is 14.4. The Balaban J connectivity index is 2.01. The third kappa shape index (κ3) is 4.68. The number of thioether (sulfide) groups is 1. The van der Waals surface area contributed by atoms with Crippen LogP contribution in [0.15, 0.2) is 40.6 Å². The molecular formula is C15H17Cl2NS2. The van der Waals surface area contributed by atoms with Crippen LogP contribution in [0.3, 0.4) is 0 Å². The average molecular weight is 346 g/mol. The zero-order valence-electron chi connectivity index (χ0n) is 11.2. The maximum absolute atomic E-state index is 6.26. The molecule has 108 valence electrons. The standard InChI is InChI=1S/C15H17Cl2NS2/c1-2-8-18-14(15-13(17)7-9-19-15)10-20-12-5-3-11(16)4-6-12/h3-7,9,14,18H,2,8,10H2,1H3. The van der Waals surface area contributed by atoms with Gasteiger partial charge < -0.3 is 5.32 Å². The van der Waals surface area contributed by atoms with E-state index in [4.69, 9.17) is 23.2 Å². The molecule has 1 aromatic carbocycles. The van der Waals surface area contributed by atoms with E-state index in [1.54, 1.807) is 11.3 Å². The molecule has 1 unspecified atom stereocenters. The molecule has 1 heterocycles. The van der Waals surface area contributed by atoms with Gasteiger partial charge in [0.2, 0.25) is 0 Å². The first kappa shape index (κ1) is 16.2. The van der Waals surface area contributed by atoms with Crippen molar-refractivity contribution in [3.8, 4) is 0 Å². The number of rotatable bonds is 7. The predicted octanol–water partition coefficient (Wildman–Crippen LogP) is 5.89. The molecule has 0 amide bonds. The minimum atomic E-state index is 0.295. The van der Waals surface area contributed by atoms with E-state index in [1.807, 2.05) is 35.3 Å². The molecule has 5 heteroatoms. The van der Waals surface area contributed by atoms with Crippen LogP contribution in [0, 0.1) is 0 Å². The van der Waals surface area contributed by atoms with Gasteiger partial charge in [0.05, 0.1) is 11.1 Å². The Bertz CT molecular complexity index is 525. The second-order valence-electron chi connectivity index (χ2n) is 4.40. The summed E-state index contributed by atoms with van der Waals surface area (Å²) in [4.78, 5) is 2.45. The average Bonchev–Trinajstić information content (AvgIpc) is 2.87. The summed E-state index contributed by atoms with van der Waals surface area (Å²) in [5, 5.41) is 7.26. The summed E-state index contributed by atoms with van der Waals surface area (Å²) in [5.74, 6) is 0.960. The molecule has 0 fully saturated rings. The van der Waals surface area contributed by atoms with E-state index in [2.05, 4.69) is 24.4 Å². The van der Waals surface area contributed by atoms with E-state index in [0.29, 0.717) is 6.04 Å². The molecule has 0 saturated heterocycles. The molecular weight excluding hydrogens is 329 g/mol. The lowest BCUT2D eigenvalue weighted by atomic mass is 10.2. The third-order valence-corrected chi connectivity index (χ3v) is 5.66. The fraction of sp³-hybridized carbons (Fsp3) is 0.333. The first-order chi connectivity index (χ1) is 9.70. The highest BCUT2D eigenvalue weighted by atomic mass is 35.5. The number of benzene rings is 1. The Kier molecular flexibility index (Phi) is 6.72. The van der Waals surface area contributed by atoms with Gasteiger partial charge in [-0.05, 0) is 48.7 Å². The number of hydrogen-bond acceptors (Lipinski definition) is 3.